The van der Waals surface area contributed by atoms with Crippen LogP contribution in [0.25, 0.3) is 11.3 Å². The number of nitrogens with zero attached hydrogens (tertiary/aromatic N) is 2. The van der Waals surface area contributed by atoms with Crippen LogP contribution in [-0.2, 0) is 11.2 Å². The molecule has 1 aliphatic rings. The Balaban J connectivity index is 1.59. The first kappa shape index (κ1) is 21.1. The maximum absolute atomic E-state index is 13.2. The van der Waals surface area contributed by atoms with Gasteiger partial charge in [0.2, 0.25) is 5.91 Å². The smallest absolute Gasteiger partial charge is 0.251 e. The van der Waals surface area contributed by atoms with E-state index in [2.05, 4.69) is 4.98 Å². The van der Waals surface area contributed by atoms with Gasteiger partial charge in [-0.15, -0.1) is 0 Å². The number of benzene rings is 1. The molecule has 2 aromatic heterocycles. The van der Waals surface area contributed by atoms with E-state index in [0.29, 0.717) is 29.6 Å². The third kappa shape index (κ3) is 4.64. The van der Waals surface area contributed by atoms with Crippen molar-refractivity contribution in [1.82, 2.24) is 14.9 Å². The number of carbonyl (C=O) groups excluding carboxylic acids is 1. The fraction of sp³-hybridized carbons (Fsp3) is 0.348. The number of amides is 1. The molecule has 0 spiro atoms. The lowest BCUT2D eigenvalue weighted by Crippen LogP contribution is -2.40. The topological polar surface area (TPSA) is 84.5 Å². The first-order chi connectivity index (χ1) is 15.1. The van der Waals surface area contributed by atoms with E-state index < -0.39 is 0 Å². The first-order valence-electron chi connectivity index (χ1n) is 10.2. The summed E-state index contributed by atoms with van der Waals surface area (Å²) >= 11 is 1.56. The molecule has 8 heteroatoms. The minimum Gasteiger partial charge on any atom is -0.493 e. The number of thiophene rings is 1. The van der Waals surface area contributed by atoms with Crippen molar-refractivity contribution < 1.29 is 14.3 Å². The van der Waals surface area contributed by atoms with Crippen LogP contribution in [0.2, 0.25) is 0 Å². The van der Waals surface area contributed by atoms with Gasteiger partial charge < -0.3 is 19.4 Å². The Kier molecular flexibility index (Phi) is 6.36. The number of hydrogen-bond acceptors (Lipinski definition) is 6. The molecule has 1 aromatic carbocycles. The van der Waals surface area contributed by atoms with E-state index in [4.69, 9.17) is 14.5 Å². The second kappa shape index (κ2) is 9.34. The average Bonchev–Trinajstić information content (AvgIpc) is 3.33. The molecule has 0 radical (unpaired) electrons. The number of H-pyrrole nitrogens is 1. The van der Waals surface area contributed by atoms with Gasteiger partial charge in [0.1, 0.15) is 5.82 Å². The number of aromatic amines is 1. The molecule has 1 fully saturated rings. The van der Waals surface area contributed by atoms with Crippen molar-refractivity contribution in [3.63, 3.8) is 0 Å². The maximum Gasteiger partial charge on any atom is 0.251 e. The molecule has 0 saturated carbocycles. The van der Waals surface area contributed by atoms with Gasteiger partial charge >= 0.3 is 0 Å². The molecule has 31 heavy (non-hydrogen) atoms. The number of methoxy groups -OCH3 is 2. The minimum absolute atomic E-state index is 0.000468. The van der Waals surface area contributed by atoms with Crippen molar-refractivity contribution in [1.29, 1.82) is 0 Å². The molecule has 1 amide bonds. The van der Waals surface area contributed by atoms with Crippen LogP contribution < -0.4 is 15.0 Å². The van der Waals surface area contributed by atoms with Gasteiger partial charge in [-0.05, 0) is 48.4 Å². The summed E-state index contributed by atoms with van der Waals surface area (Å²) in [6.45, 7) is 0.642. The van der Waals surface area contributed by atoms with E-state index in [9.17, 15) is 9.59 Å². The van der Waals surface area contributed by atoms with Crippen molar-refractivity contribution in [3.05, 3.63) is 62.8 Å². The Morgan fingerprint density at radius 1 is 1.19 bits per heavy atom. The lowest BCUT2D eigenvalue weighted by molar-refractivity contribution is -0.134. The van der Waals surface area contributed by atoms with Crippen LogP contribution in [0.5, 0.6) is 11.5 Å². The van der Waals surface area contributed by atoms with Crippen molar-refractivity contribution in [2.24, 2.45) is 0 Å². The highest BCUT2D eigenvalue weighted by atomic mass is 32.1. The summed E-state index contributed by atoms with van der Waals surface area (Å²) in [5, 5.41) is 3.92. The molecule has 1 atom stereocenters. The zero-order valence-corrected chi connectivity index (χ0v) is 18.4. The molecule has 1 aliphatic heterocycles. The number of carbonyl (C=O) groups is 1. The normalized spacial score (nSPS) is 16.2. The number of nitrogens with one attached hydrogen (secondary N) is 1. The van der Waals surface area contributed by atoms with E-state index in [1.165, 1.54) is 6.07 Å². The number of aromatic nitrogens is 2. The van der Waals surface area contributed by atoms with Gasteiger partial charge in [0.25, 0.3) is 5.56 Å². The predicted octanol–water partition coefficient (Wildman–Crippen LogP) is 3.81. The maximum atomic E-state index is 13.2. The number of ether oxygens (including phenoxy) is 2. The van der Waals surface area contributed by atoms with E-state index in [-0.39, 0.29) is 23.9 Å². The standard InChI is InChI=1S/C23H25N3O4S/c1-29-19-7-6-15(11-20(19)30-2)12-22(28)26-9-4-3-5-18(26)23-24-17(13-21(27)25-23)16-8-10-31-14-16/h6-8,10-11,13-14,18H,3-5,9,12H2,1-2H3,(H,24,25,27)/t18-/m1/s1. The zero-order valence-electron chi connectivity index (χ0n) is 17.6. The molecule has 0 unspecified atom stereocenters. The zero-order chi connectivity index (χ0) is 21.8. The number of hydrogen-bond donors (Lipinski definition) is 1. The molecule has 0 aliphatic carbocycles. The molecule has 4 rings (SSSR count). The quantitative estimate of drug-likeness (QED) is 0.631. The number of piperidine rings is 1. The van der Waals surface area contributed by atoms with E-state index >= 15 is 0 Å². The first-order valence-corrected chi connectivity index (χ1v) is 11.2. The van der Waals surface area contributed by atoms with Crippen LogP contribution in [0.1, 0.15) is 36.7 Å². The molecule has 7 nitrogen and oxygen atoms in total. The summed E-state index contributed by atoms with van der Waals surface area (Å²) in [5.41, 5.74) is 2.19. The van der Waals surface area contributed by atoms with Crippen LogP contribution in [0, 0.1) is 0 Å². The lowest BCUT2D eigenvalue weighted by Gasteiger charge is -2.35. The van der Waals surface area contributed by atoms with Crippen molar-refractivity contribution >= 4 is 17.2 Å². The second-order valence-electron chi connectivity index (χ2n) is 7.49. The predicted molar refractivity (Wildman–Crippen MR) is 120 cm³/mol. The third-order valence-electron chi connectivity index (χ3n) is 5.52. The highest BCUT2D eigenvalue weighted by Crippen LogP contribution is 2.32. The molecule has 3 aromatic rings. The Hall–Kier alpha value is -3.13. The van der Waals surface area contributed by atoms with Crippen molar-refractivity contribution in [3.8, 4) is 22.8 Å². The van der Waals surface area contributed by atoms with Crippen LogP contribution in [0.4, 0.5) is 0 Å². The summed E-state index contributed by atoms with van der Waals surface area (Å²) < 4.78 is 10.6. The largest absolute Gasteiger partial charge is 0.493 e. The Morgan fingerprint density at radius 2 is 2.03 bits per heavy atom. The van der Waals surface area contributed by atoms with Crippen LogP contribution in [0.3, 0.4) is 0 Å². The molecule has 3 heterocycles. The van der Waals surface area contributed by atoms with Gasteiger partial charge in [-0.2, -0.15) is 11.3 Å². The van der Waals surface area contributed by atoms with Gasteiger partial charge in [-0.1, -0.05) is 6.07 Å². The Labute approximate surface area is 184 Å². The average molecular weight is 440 g/mol. The lowest BCUT2D eigenvalue weighted by atomic mass is 9.99. The molecule has 162 valence electrons. The van der Waals surface area contributed by atoms with Gasteiger partial charge in [-0.25, -0.2) is 4.98 Å². The third-order valence-corrected chi connectivity index (χ3v) is 6.20. The van der Waals surface area contributed by atoms with E-state index in [0.717, 1.165) is 30.4 Å². The van der Waals surface area contributed by atoms with Crippen LogP contribution >= 0.6 is 11.3 Å². The monoisotopic (exact) mass is 439 g/mol. The molecule has 1 saturated heterocycles. The summed E-state index contributed by atoms with van der Waals surface area (Å²) in [5.74, 6) is 1.77. The van der Waals surface area contributed by atoms with E-state index in [1.807, 2.05) is 33.9 Å². The van der Waals surface area contributed by atoms with Crippen LogP contribution in [0.15, 0.2) is 45.9 Å². The SMILES string of the molecule is COc1ccc(CC(=O)N2CCCC[C@@H]2c2nc(-c3ccsc3)cc(=O)[nH]2)cc1OC. The van der Waals surface area contributed by atoms with Crippen molar-refractivity contribution in [2.75, 3.05) is 20.8 Å². The van der Waals surface area contributed by atoms with Gasteiger partial charge in [-0.3, -0.25) is 9.59 Å². The number of likely N-dealkylation sites (tertiary alicyclic amines) is 1. The summed E-state index contributed by atoms with van der Waals surface area (Å²) in [4.78, 5) is 35.0. The van der Waals surface area contributed by atoms with Crippen LogP contribution in [-0.4, -0.2) is 41.5 Å². The highest BCUT2D eigenvalue weighted by Gasteiger charge is 2.30. The number of rotatable bonds is 6. The fourth-order valence-electron chi connectivity index (χ4n) is 3.97. The Bertz CT molecular complexity index is 1110. The molecule has 0 bridgehead atoms. The van der Waals surface area contributed by atoms with Gasteiger partial charge in [0.05, 0.1) is 32.4 Å². The summed E-state index contributed by atoms with van der Waals surface area (Å²) in [6.07, 6.45) is 2.93. The van der Waals surface area contributed by atoms with Gasteiger partial charge in [0, 0.05) is 23.6 Å². The van der Waals surface area contributed by atoms with E-state index in [1.54, 1.807) is 31.6 Å². The second-order valence-corrected chi connectivity index (χ2v) is 8.27. The minimum atomic E-state index is -0.243. The molecular weight excluding hydrogens is 414 g/mol. The van der Waals surface area contributed by atoms with Crippen molar-refractivity contribution in [2.45, 2.75) is 31.7 Å². The van der Waals surface area contributed by atoms with Gasteiger partial charge in [0.15, 0.2) is 11.5 Å². The summed E-state index contributed by atoms with van der Waals surface area (Å²) in [6, 6.07) is 8.70. The molecular formula is C23H25N3O4S. The molecule has 1 N–H and O–H groups in total. The Morgan fingerprint density at radius 3 is 2.77 bits per heavy atom. The highest BCUT2D eigenvalue weighted by molar-refractivity contribution is 7.08. The summed E-state index contributed by atoms with van der Waals surface area (Å²) in [7, 11) is 3.16. The fourth-order valence-corrected chi connectivity index (χ4v) is 4.62.